The molecule has 19 heavy (non-hydrogen) atoms. The summed E-state index contributed by atoms with van der Waals surface area (Å²) >= 11 is 3.37. The second-order valence-corrected chi connectivity index (χ2v) is 4.80. The lowest BCUT2D eigenvalue weighted by molar-refractivity contribution is -0.136. The number of fused-ring (bicyclic) bond motifs is 1. The van der Waals surface area contributed by atoms with E-state index in [-0.39, 0.29) is 13.2 Å². The molecule has 6 nitrogen and oxygen atoms in total. The standard InChI is InChI=1S/C12H9BrN2O4/c13-11-7(4-10(16)17)14-15-12(11)6-1-2-8-9(3-6)19-5-18-8/h1-3H,4-5H2,(H,14,15)(H,16,17). The van der Waals surface area contributed by atoms with E-state index in [1.807, 2.05) is 12.1 Å². The lowest BCUT2D eigenvalue weighted by Gasteiger charge is -2.00. The lowest BCUT2D eigenvalue weighted by Crippen LogP contribution is -2.00. The Bertz CT molecular complexity index is 653. The molecule has 0 bridgehead atoms. The molecule has 0 saturated carbocycles. The minimum atomic E-state index is -0.915. The van der Waals surface area contributed by atoms with Gasteiger partial charge in [-0.25, -0.2) is 0 Å². The summed E-state index contributed by atoms with van der Waals surface area (Å²) in [6.07, 6.45) is -0.113. The van der Waals surface area contributed by atoms with Gasteiger partial charge in [-0.2, -0.15) is 5.10 Å². The summed E-state index contributed by atoms with van der Waals surface area (Å²) < 4.78 is 11.2. The van der Waals surface area contributed by atoms with Crippen LogP contribution < -0.4 is 9.47 Å². The molecule has 1 aromatic heterocycles. The van der Waals surface area contributed by atoms with Crippen molar-refractivity contribution in [1.29, 1.82) is 0 Å². The van der Waals surface area contributed by atoms with E-state index in [0.29, 0.717) is 27.4 Å². The molecule has 2 N–H and O–H groups in total. The minimum absolute atomic E-state index is 0.113. The van der Waals surface area contributed by atoms with Crippen LogP contribution in [0.3, 0.4) is 0 Å². The van der Waals surface area contributed by atoms with Crippen molar-refractivity contribution in [3.05, 3.63) is 28.4 Å². The SMILES string of the molecule is O=C(O)Cc1[nH]nc(-c2ccc3c(c2)OCO3)c1Br. The average molecular weight is 325 g/mol. The summed E-state index contributed by atoms with van der Waals surface area (Å²) in [7, 11) is 0. The maximum atomic E-state index is 10.7. The molecular formula is C12H9BrN2O4. The van der Waals surface area contributed by atoms with Crippen molar-refractivity contribution in [3.8, 4) is 22.8 Å². The summed E-state index contributed by atoms with van der Waals surface area (Å²) in [5.74, 6) is 0.440. The fraction of sp³-hybridized carbons (Fsp3) is 0.167. The number of halogens is 1. The van der Waals surface area contributed by atoms with Gasteiger partial charge >= 0.3 is 5.97 Å². The Hall–Kier alpha value is -2.02. The fourth-order valence-electron chi connectivity index (χ4n) is 1.87. The van der Waals surface area contributed by atoms with E-state index in [2.05, 4.69) is 26.1 Å². The maximum Gasteiger partial charge on any atom is 0.309 e. The van der Waals surface area contributed by atoms with Gasteiger partial charge in [0.15, 0.2) is 11.5 Å². The predicted octanol–water partition coefficient (Wildman–Crippen LogP) is 2.20. The molecule has 1 aromatic carbocycles. The van der Waals surface area contributed by atoms with Crippen LogP contribution in [0.2, 0.25) is 0 Å². The third kappa shape index (κ3) is 2.17. The van der Waals surface area contributed by atoms with Crippen molar-refractivity contribution in [2.75, 3.05) is 6.79 Å². The molecular weight excluding hydrogens is 316 g/mol. The fourth-order valence-corrected chi connectivity index (χ4v) is 2.41. The highest BCUT2D eigenvalue weighted by atomic mass is 79.9. The van der Waals surface area contributed by atoms with Crippen molar-refractivity contribution in [1.82, 2.24) is 10.2 Å². The quantitative estimate of drug-likeness (QED) is 0.904. The Morgan fingerprint density at radius 3 is 3.00 bits per heavy atom. The zero-order chi connectivity index (χ0) is 13.4. The van der Waals surface area contributed by atoms with Gasteiger partial charge in [-0.15, -0.1) is 0 Å². The number of nitrogens with zero attached hydrogens (tertiary/aromatic N) is 1. The topological polar surface area (TPSA) is 84.4 Å². The van der Waals surface area contributed by atoms with Gasteiger partial charge < -0.3 is 14.6 Å². The molecule has 0 amide bonds. The largest absolute Gasteiger partial charge is 0.481 e. The van der Waals surface area contributed by atoms with E-state index in [9.17, 15) is 4.79 Å². The van der Waals surface area contributed by atoms with E-state index in [1.165, 1.54) is 0 Å². The Kier molecular flexibility index (Phi) is 2.90. The van der Waals surface area contributed by atoms with Gasteiger partial charge in [0.2, 0.25) is 6.79 Å². The first-order valence-corrected chi connectivity index (χ1v) is 6.29. The summed E-state index contributed by atoms with van der Waals surface area (Å²) in [5, 5.41) is 15.6. The molecule has 2 heterocycles. The molecule has 3 rings (SSSR count). The predicted molar refractivity (Wildman–Crippen MR) is 69.2 cm³/mol. The van der Waals surface area contributed by atoms with Gasteiger partial charge in [0.25, 0.3) is 0 Å². The number of carbonyl (C=O) groups is 1. The van der Waals surface area contributed by atoms with Gasteiger partial charge in [0.05, 0.1) is 16.6 Å². The molecule has 98 valence electrons. The van der Waals surface area contributed by atoms with E-state index >= 15 is 0 Å². The summed E-state index contributed by atoms with van der Waals surface area (Å²) in [6, 6.07) is 5.46. The zero-order valence-corrected chi connectivity index (χ0v) is 11.2. The molecule has 0 radical (unpaired) electrons. The molecule has 0 spiro atoms. The average Bonchev–Trinajstić information content (AvgIpc) is 2.96. The Labute approximate surface area is 116 Å². The van der Waals surface area contributed by atoms with Gasteiger partial charge in [-0.1, -0.05) is 0 Å². The molecule has 0 unspecified atom stereocenters. The molecule has 0 fully saturated rings. The van der Waals surface area contributed by atoms with Crippen LogP contribution in [0.4, 0.5) is 0 Å². The summed E-state index contributed by atoms with van der Waals surface area (Å²) in [4.78, 5) is 10.7. The number of hydrogen-bond acceptors (Lipinski definition) is 4. The Morgan fingerprint density at radius 1 is 1.42 bits per heavy atom. The normalized spacial score (nSPS) is 12.7. The Morgan fingerprint density at radius 2 is 2.21 bits per heavy atom. The van der Waals surface area contributed by atoms with Crippen LogP contribution in [-0.2, 0) is 11.2 Å². The number of rotatable bonds is 3. The van der Waals surface area contributed by atoms with E-state index < -0.39 is 5.97 Å². The van der Waals surface area contributed by atoms with Crippen LogP contribution in [0, 0.1) is 0 Å². The summed E-state index contributed by atoms with van der Waals surface area (Å²) in [6.45, 7) is 0.213. The second kappa shape index (κ2) is 4.58. The smallest absolute Gasteiger partial charge is 0.309 e. The molecule has 0 saturated heterocycles. The number of ether oxygens (including phenoxy) is 2. The van der Waals surface area contributed by atoms with Gasteiger partial charge in [-0.3, -0.25) is 9.89 Å². The molecule has 1 aliphatic rings. The van der Waals surface area contributed by atoms with Crippen molar-refractivity contribution < 1.29 is 19.4 Å². The van der Waals surface area contributed by atoms with Crippen LogP contribution in [0.1, 0.15) is 5.69 Å². The molecule has 0 atom stereocenters. The first-order chi connectivity index (χ1) is 9.15. The van der Waals surface area contributed by atoms with Crippen LogP contribution >= 0.6 is 15.9 Å². The number of aliphatic carboxylic acids is 1. The number of carboxylic acids is 1. The monoisotopic (exact) mass is 324 g/mol. The summed E-state index contributed by atoms with van der Waals surface area (Å²) in [5.41, 5.74) is 2.00. The minimum Gasteiger partial charge on any atom is -0.481 e. The first-order valence-electron chi connectivity index (χ1n) is 5.49. The van der Waals surface area contributed by atoms with Gasteiger partial charge in [0, 0.05) is 5.56 Å². The van der Waals surface area contributed by atoms with Crippen molar-refractivity contribution in [3.63, 3.8) is 0 Å². The number of hydrogen-bond donors (Lipinski definition) is 2. The van der Waals surface area contributed by atoms with Gasteiger partial charge in [0.1, 0.15) is 5.69 Å². The number of H-pyrrole nitrogens is 1. The van der Waals surface area contributed by atoms with Crippen molar-refractivity contribution in [2.45, 2.75) is 6.42 Å². The lowest BCUT2D eigenvalue weighted by atomic mass is 10.1. The van der Waals surface area contributed by atoms with E-state index in [4.69, 9.17) is 14.6 Å². The van der Waals surface area contributed by atoms with Crippen LogP contribution in [0.5, 0.6) is 11.5 Å². The molecule has 2 aromatic rings. The highest BCUT2D eigenvalue weighted by Gasteiger charge is 2.18. The zero-order valence-electron chi connectivity index (χ0n) is 9.64. The molecule has 7 heteroatoms. The number of carboxylic acid groups (broad SMARTS) is 1. The maximum absolute atomic E-state index is 10.7. The third-order valence-electron chi connectivity index (χ3n) is 2.75. The van der Waals surface area contributed by atoms with Crippen LogP contribution in [0.15, 0.2) is 22.7 Å². The van der Waals surface area contributed by atoms with E-state index in [0.717, 1.165) is 5.56 Å². The Balaban J connectivity index is 1.98. The number of aromatic amines is 1. The number of benzene rings is 1. The second-order valence-electron chi connectivity index (χ2n) is 4.00. The molecule has 1 aliphatic heterocycles. The number of nitrogens with one attached hydrogen (secondary N) is 1. The van der Waals surface area contributed by atoms with Crippen LogP contribution in [0.25, 0.3) is 11.3 Å². The van der Waals surface area contributed by atoms with E-state index in [1.54, 1.807) is 6.07 Å². The van der Waals surface area contributed by atoms with Crippen molar-refractivity contribution >= 4 is 21.9 Å². The third-order valence-corrected chi connectivity index (χ3v) is 3.60. The molecule has 0 aliphatic carbocycles. The highest BCUT2D eigenvalue weighted by Crippen LogP contribution is 2.37. The van der Waals surface area contributed by atoms with Gasteiger partial charge in [-0.05, 0) is 34.1 Å². The first kappa shape index (κ1) is 12.0. The van der Waals surface area contributed by atoms with Crippen LogP contribution in [-0.4, -0.2) is 28.1 Å². The highest BCUT2D eigenvalue weighted by molar-refractivity contribution is 9.10. The number of aromatic nitrogens is 2. The van der Waals surface area contributed by atoms with Crippen molar-refractivity contribution in [2.24, 2.45) is 0 Å².